The first kappa shape index (κ1) is 12.3. The first-order valence-electron chi connectivity index (χ1n) is 4.81. The SMILES string of the molecule is COCC(C)CNc1cc(Cl)ccc1F. The number of rotatable bonds is 5. The average Bonchev–Trinajstić information content (AvgIpc) is 2.20. The van der Waals surface area contributed by atoms with Gasteiger partial charge in [-0.15, -0.1) is 0 Å². The molecule has 1 aromatic carbocycles. The van der Waals surface area contributed by atoms with E-state index in [2.05, 4.69) is 5.32 Å². The van der Waals surface area contributed by atoms with Crippen LogP contribution in [0.1, 0.15) is 6.92 Å². The predicted molar refractivity (Wildman–Crippen MR) is 60.9 cm³/mol. The van der Waals surface area contributed by atoms with E-state index >= 15 is 0 Å². The molecule has 0 bridgehead atoms. The van der Waals surface area contributed by atoms with Crippen LogP contribution in [0.25, 0.3) is 0 Å². The van der Waals surface area contributed by atoms with E-state index in [1.165, 1.54) is 12.1 Å². The van der Waals surface area contributed by atoms with Gasteiger partial charge in [0.1, 0.15) is 5.82 Å². The highest BCUT2D eigenvalue weighted by Crippen LogP contribution is 2.19. The van der Waals surface area contributed by atoms with Crippen molar-refractivity contribution < 1.29 is 9.13 Å². The highest BCUT2D eigenvalue weighted by Gasteiger charge is 2.05. The summed E-state index contributed by atoms with van der Waals surface area (Å²) in [5.74, 6) is 0.0393. The van der Waals surface area contributed by atoms with E-state index in [0.717, 1.165) is 0 Å². The molecule has 0 aliphatic heterocycles. The molecule has 0 aliphatic carbocycles. The smallest absolute Gasteiger partial charge is 0.146 e. The third-order valence-corrected chi connectivity index (χ3v) is 2.26. The fraction of sp³-hybridized carbons (Fsp3) is 0.455. The summed E-state index contributed by atoms with van der Waals surface area (Å²) in [5, 5.41) is 3.53. The molecule has 0 heterocycles. The highest BCUT2D eigenvalue weighted by molar-refractivity contribution is 6.30. The molecule has 0 saturated heterocycles. The maximum Gasteiger partial charge on any atom is 0.146 e. The molecule has 2 nitrogen and oxygen atoms in total. The van der Waals surface area contributed by atoms with Gasteiger partial charge in [0.2, 0.25) is 0 Å². The quantitative estimate of drug-likeness (QED) is 0.841. The second-order valence-corrected chi connectivity index (χ2v) is 4.00. The van der Waals surface area contributed by atoms with Gasteiger partial charge in [-0.1, -0.05) is 18.5 Å². The average molecular weight is 232 g/mol. The van der Waals surface area contributed by atoms with Crippen LogP contribution in [0.3, 0.4) is 0 Å². The summed E-state index contributed by atoms with van der Waals surface area (Å²) in [7, 11) is 1.65. The molecule has 0 aliphatic rings. The molecule has 1 atom stereocenters. The lowest BCUT2D eigenvalue weighted by atomic mass is 10.2. The van der Waals surface area contributed by atoms with Crippen LogP contribution in [0, 0.1) is 11.7 Å². The van der Waals surface area contributed by atoms with Gasteiger partial charge in [0.05, 0.1) is 12.3 Å². The Hall–Kier alpha value is -0.800. The summed E-state index contributed by atoms with van der Waals surface area (Å²) in [6, 6.07) is 4.46. The maximum absolute atomic E-state index is 13.3. The predicted octanol–water partition coefficient (Wildman–Crippen LogP) is 3.17. The number of anilines is 1. The van der Waals surface area contributed by atoms with E-state index in [1.54, 1.807) is 13.2 Å². The Labute approximate surface area is 94.4 Å². The van der Waals surface area contributed by atoms with Gasteiger partial charge < -0.3 is 10.1 Å². The third-order valence-electron chi connectivity index (χ3n) is 2.02. The van der Waals surface area contributed by atoms with Crippen molar-refractivity contribution in [1.29, 1.82) is 0 Å². The Morgan fingerprint density at radius 1 is 1.53 bits per heavy atom. The van der Waals surface area contributed by atoms with Gasteiger partial charge in [-0.2, -0.15) is 0 Å². The van der Waals surface area contributed by atoms with Crippen molar-refractivity contribution in [2.45, 2.75) is 6.92 Å². The van der Waals surface area contributed by atoms with Crippen LogP contribution in [-0.2, 0) is 4.74 Å². The Morgan fingerprint density at radius 2 is 2.27 bits per heavy atom. The largest absolute Gasteiger partial charge is 0.384 e. The first-order valence-corrected chi connectivity index (χ1v) is 5.19. The molecule has 1 N–H and O–H groups in total. The molecule has 1 unspecified atom stereocenters. The van der Waals surface area contributed by atoms with Crippen LogP contribution in [-0.4, -0.2) is 20.3 Å². The minimum atomic E-state index is -0.288. The Bertz CT molecular complexity index is 319. The van der Waals surface area contributed by atoms with Gasteiger partial charge in [0.15, 0.2) is 0 Å². The molecular weight excluding hydrogens is 217 g/mol. The van der Waals surface area contributed by atoms with Gasteiger partial charge in [-0.25, -0.2) is 4.39 Å². The van der Waals surface area contributed by atoms with Crippen LogP contribution < -0.4 is 5.32 Å². The standard InChI is InChI=1S/C11H15ClFNO/c1-8(7-15-2)6-14-11-5-9(12)3-4-10(11)13/h3-5,8,14H,6-7H2,1-2H3. The second kappa shape index (κ2) is 5.93. The fourth-order valence-corrected chi connectivity index (χ4v) is 1.43. The zero-order valence-electron chi connectivity index (χ0n) is 8.89. The van der Waals surface area contributed by atoms with Gasteiger partial charge >= 0.3 is 0 Å². The Kier molecular flexibility index (Phi) is 4.85. The topological polar surface area (TPSA) is 21.3 Å². The van der Waals surface area contributed by atoms with Gasteiger partial charge in [0, 0.05) is 18.7 Å². The van der Waals surface area contributed by atoms with Crippen LogP contribution in [0.2, 0.25) is 5.02 Å². The van der Waals surface area contributed by atoms with Crippen LogP contribution >= 0.6 is 11.6 Å². The number of nitrogens with one attached hydrogen (secondary N) is 1. The molecule has 84 valence electrons. The van der Waals surface area contributed by atoms with E-state index < -0.39 is 0 Å². The Morgan fingerprint density at radius 3 is 2.93 bits per heavy atom. The van der Waals surface area contributed by atoms with E-state index in [-0.39, 0.29) is 5.82 Å². The van der Waals surface area contributed by atoms with Gasteiger partial charge in [-0.3, -0.25) is 0 Å². The minimum absolute atomic E-state index is 0.288. The maximum atomic E-state index is 13.3. The number of benzene rings is 1. The monoisotopic (exact) mass is 231 g/mol. The summed E-state index contributed by atoms with van der Waals surface area (Å²) >= 11 is 5.76. The summed E-state index contributed by atoms with van der Waals surface area (Å²) in [4.78, 5) is 0. The lowest BCUT2D eigenvalue weighted by Gasteiger charge is -2.13. The summed E-state index contributed by atoms with van der Waals surface area (Å²) < 4.78 is 18.2. The molecule has 0 radical (unpaired) electrons. The highest BCUT2D eigenvalue weighted by atomic mass is 35.5. The molecule has 0 amide bonds. The molecule has 15 heavy (non-hydrogen) atoms. The van der Waals surface area contributed by atoms with Crippen molar-refractivity contribution in [2.75, 3.05) is 25.6 Å². The van der Waals surface area contributed by atoms with E-state index in [4.69, 9.17) is 16.3 Å². The molecule has 1 aromatic rings. The first-order chi connectivity index (χ1) is 7.13. The Balaban J connectivity index is 2.53. The van der Waals surface area contributed by atoms with Crippen molar-refractivity contribution in [2.24, 2.45) is 5.92 Å². The van der Waals surface area contributed by atoms with E-state index in [9.17, 15) is 4.39 Å². The van der Waals surface area contributed by atoms with Crippen molar-refractivity contribution in [3.8, 4) is 0 Å². The zero-order chi connectivity index (χ0) is 11.3. The molecule has 1 rings (SSSR count). The van der Waals surface area contributed by atoms with Crippen LogP contribution in [0.4, 0.5) is 10.1 Å². The molecule has 0 spiro atoms. The number of halogens is 2. The fourth-order valence-electron chi connectivity index (χ4n) is 1.26. The minimum Gasteiger partial charge on any atom is -0.384 e. The van der Waals surface area contributed by atoms with Crippen molar-refractivity contribution in [1.82, 2.24) is 0 Å². The third kappa shape index (κ3) is 4.06. The van der Waals surface area contributed by atoms with E-state index in [0.29, 0.717) is 29.8 Å². The zero-order valence-corrected chi connectivity index (χ0v) is 9.64. The summed E-state index contributed by atoms with van der Waals surface area (Å²) in [6.07, 6.45) is 0. The van der Waals surface area contributed by atoms with Gasteiger partial charge in [0.25, 0.3) is 0 Å². The van der Waals surface area contributed by atoms with Crippen LogP contribution in [0.15, 0.2) is 18.2 Å². The number of ether oxygens (including phenoxy) is 1. The summed E-state index contributed by atoms with van der Waals surface area (Å²) in [6.45, 7) is 3.33. The normalized spacial score (nSPS) is 12.5. The number of hydrogen-bond donors (Lipinski definition) is 1. The number of hydrogen-bond acceptors (Lipinski definition) is 2. The van der Waals surface area contributed by atoms with Crippen molar-refractivity contribution in [3.63, 3.8) is 0 Å². The molecule has 0 aromatic heterocycles. The molecule has 0 fully saturated rings. The van der Waals surface area contributed by atoms with Gasteiger partial charge in [-0.05, 0) is 24.1 Å². The van der Waals surface area contributed by atoms with E-state index in [1.807, 2.05) is 6.92 Å². The number of methoxy groups -OCH3 is 1. The lowest BCUT2D eigenvalue weighted by Crippen LogP contribution is -2.16. The second-order valence-electron chi connectivity index (χ2n) is 3.57. The lowest BCUT2D eigenvalue weighted by molar-refractivity contribution is 0.164. The van der Waals surface area contributed by atoms with Crippen LogP contribution in [0.5, 0.6) is 0 Å². The molecule has 0 saturated carbocycles. The molecular formula is C11H15ClFNO. The molecule has 4 heteroatoms. The van der Waals surface area contributed by atoms with Crippen molar-refractivity contribution >= 4 is 17.3 Å². The summed E-state index contributed by atoms with van der Waals surface area (Å²) in [5.41, 5.74) is 0.436. The van der Waals surface area contributed by atoms with Crippen molar-refractivity contribution in [3.05, 3.63) is 29.0 Å².